The van der Waals surface area contributed by atoms with Crippen LogP contribution in [0, 0.1) is 5.82 Å². The van der Waals surface area contributed by atoms with E-state index in [0.717, 1.165) is 43.5 Å². The Morgan fingerprint density at radius 2 is 1.76 bits per heavy atom. The van der Waals surface area contributed by atoms with Gasteiger partial charge >= 0.3 is 0 Å². The molecule has 146 valence electrons. The van der Waals surface area contributed by atoms with E-state index < -0.39 is 6.23 Å². The molecule has 0 unspecified atom stereocenters. The highest BCUT2D eigenvalue weighted by Gasteiger charge is 2.41. The molecule has 0 amide bonds. The molecule has 0 saturated carbocycles. The highest BCUT2D eigenvalue weighted by atomic mass is 79.9. The molecule has 0 bridgehead atoms. The molecule has 0 aliphatic carbocycles. The second-order valence-electron chi connectivity index (χ2n) is 6.98. The van der Waals surface area contributed by atoms with Crippen molar-refractivity contribution in [2.24, 2.45) is 5.10 Å². The van der Waals surface area contributed by atoms with E-state index >= 15 is 0 Å². The zero-order chi connectivity index (χ0) is 20.1. The molecule has 0 radical (unpaired) electrons. The molecule has 5 rings (SSSR count). The first-order valence-electron chi connectivity index (χ1n) is 9.02. The molecule has 2 aliphatic rings. The highest BCUT2D eigenvalue weighted by Crippen LogP contribution is 2.50. The van der Waals surface area contributed by atoms with E-state index in [1.165, 1.54) is 12.1 Å². The van der Waals surface area contributed by atoms with Crippen molar-refractivity contribution < 1.29 is 9.13 Å². The van der Waals surface area contributed by atoms with Crippen LogP contribution >= 0.6 is 43.5 Å². The molecule has 2 aliphatic heterocycles. The average Bonchev–Trinajstić information content (AvgIpc) is 3.14. The maximum Gasteiger partial charge on any atom is 0.213 e. The van der Waals surface area contributed by atoms with Gasteiger partial charge in [-0.1, -0.05) is 51.8 Å². The van der Waals surface area contributed by atoms with Crippen molar-refractivity contribution in [1.82, 2.24) is 5.01 Å². The van der Waals surface area contributed by atoms with E-state index in [1.807, 2.05) is 35.3 Å². The Kier molecular flexibility index (Phi) is 4.88. The predicted octanol–water partition coefficient (Wildman–Crippen LogP) is 7.25. The molecule has 0 spiro atoms. The summed E-state index contributed by atoms with van der Waals surface area (Å²) in [5.74, 6) is 0.509. The van der Waals surface area contributed by atoms with E-state index in [-0.39, 0.29) is 11.9 Å². The molecule has 7 heteroatoms. The fraction of sp³-hybridized carbons (Fsp3) is 0.136. The molecule has 29 heavy (non-hydrogen) atoms. The molecule has 0 N–H and O–H groups in total. The van der Waals surface area contributed by atoms with Crippen LogP contribution in [0.15, 0.2) is 74.7 Å². The summed E-state index contributed by atoms with van der Waals surface area (Å²) in [6.07, 6.45) is 0.286. The number of hydrazone groups is 1. The van der Waals surface area contributed by atoms with E-state index in [0.29, 0.717) is 5.02 Å². The second-order valence-corrected chi connectivity index (χ2v) is 9.19. The van der Waals surface area contributed by atoms with Crippen molar-refractivity contribution in [3.63, 3.8) is 0 Å². The zero-order valence-electron chi connectivity index (χ0n) is 14.9. The maximum atomic E-state index is 13.5. The minimum atomic E-state index is -0.449. The summed E-state index contributed by atoms with van der Waals surface area (Å²) >= 11 is 13.2. The van der Waals surface area contributed by atoms with Gasteiger partial charge in [-0.25, -0.2) is 9.40 Å². The standard InChI is InChI=1S/C22H14Br2ClFN2O/c23-14-9-17-20-11-19(12-1-5-15(25)6-2-12)27-28(20)22(29-21(17)18(24)10-14)13-3-7-16(26)8-4-13/h1-10,20,22H,11H2/t20-,22+/m1/s1. The number of benzene rings is 3. The van der Waals surface area contributed by atoms with Gasteiger partial charge in [0.05, 0.1) is 16.2 Å². The molecule has 3 aromatic carbocycles. The number of nitrogens with zero attached hydrogens (tertiary/aromatic N) is 2. The quantitative estimate of drug-likeness (QED) is 0.345. The van der Waals surface area contributed by atoms with Crippen LogP contribution in [0.5, 0.6) is 5.75 Å². The lowest BCUT2D eigenvalue weighted by molar-refractivity contribution is -0.0197. The zero-order valence-corrected chi connectivity index (χ0v) is 18.9. The van der Waals surface area contributed by atoms with Crippen LogP contribution in [0.1, 0.15) is 35.4 Å². The van der Waals surface area contributed by atoms with Crippen molar-refractivity contribution in [2.45, 2.75) is 18.7 Å². The third-order valence-corrected chi connectivity index (χ3v) is 6.44. The number of halogens is 4. The average molecular weight is 537 g/mol. The van der Waals surface area contributed by atoms with Crippen LogP contribution in [0.25, 0.3) is 0 Å². The Hall–Kier alpha value is -1.89. The summed E-state index contributed by atoms with van der Waals surface area (Å²) in [6, 6.07) is 18.1. The summed E-state index contributed by atoms with van der Waals surface area (Å²) in [6.45, 7) is 0. The fourth-order valence-electron chi connectivity index (χ4n) is 3.78. The van der Waals surface area contributed by atoms with Crippen LogP contribution in [-0.2, 0) is 0 Å². The summed E-state index contributed by atoms with van der Waals surface area (Å²) in [5.41, 5.74) is 3.89. The third-order valence-electron chi connectivity index (χ3n) is 5.14. The maximum absolute atomic E-state index is 13.5. The number of hydrogen-bond acceptors (Lipinski definition) is 3. The molecular formula is C22H14Br2ClFN2O. The summed E-state index contributed by atoms with van der Waals surface area (Å²) in [5, 5.41) is 7.57. The van der Waals surface area contributed by atoms with Gasteiger partial charge in [-0.15, -0.1) is 0 Å². The fourth-order valence-corrected chi connectivity index (χ4v) is 5.26. The normalized spacial score (nSPS) is 20.0. The van der Waals surface area contributed by atoms with Gasteiger partial charge in [0.25, 0.3) is 0 Å². The summed E-state index contributed by atoms with van der Waals surface area (Å²) in [7, 11) is 0. The van der Waals surface area contributed by atoms with Gasteiger partial charge in [0.1, 0.15) is 11.6 Å². The Balaban J connectivity index is 1.62. The highest BCUT2D eigenvalue weighted by molar-refractivity contribution is 9.11. The molecule has 2 heterocycles. The molecular weight excluding hydrogens is 523 g/mol. The van der Waals surface area contributed by atoms with Gasteiger partial charge < -0.3 is 4.74 Å². The largest absolute Gasteiger partial charge is 0.463 e. The first-order valence-corrected chi connectivity index (χ1v) is 11.0. The van der Waals surface area contributed by atoms with Gasteiger partial charge in [0, 0.05) is 27.0 Å². The van der Waals surface area contributed by atoms with Crippen molar-refractivity contribution in [3.8, 4) is 5.75 Å². The summed E-state index contributed by atoms with van der Waals surface area (Å²) in [4.78, 5) is 0. The van der Waals surface area contributed by atoms with E-state index in [9.17, 15) is 4.39 Å². The number of ether oxygens (including phenoxy) is 1. The molecule has 3 aromatic rings. The molecule has 2 atom stereocenters. The number of hydrogen-bond donors (Lipinski definition) is 0. The van der Waals surface area contributed by atoms with E-state index in [4.69, 9.17) is 21.4 Å². The topological polar surface area (TPSA) is 24.8 Å². The molecule has 3 nitrogen and oxygen atoms in total. The van der Waals surface area contributed by atoms with Gasteiger partial charge in [0.2, 0.25) is 6.23 Å². The van der Waals surface area contributed by atoms with Crippen LogP contribution < -0.4 is 4.74 Å². The van der Waals surface area contributed by atoms with Gasteiger partial charge in [-0.3, -0.25) is 0 Å². The Morgan fingerprint density at radius 1 is 1.03 bits per heavy atom. The number of fused-ring (bicyclic) bond motifs is 3. The Bertz CT molecular complexity index is 1120. The predicted molar refractivity (Wildman–Crippen MR) is 119 cm³/mol. The second kappa shape index (κ2) is 7.42. The molecule has 0 fully saturated rings. The minimum Gasteiger partial charge on any atom is -0.463 e. The van der Waals surface area contributed by atoms with Gasteiger partial charge in [-0.2, -0.15) is 5.10 Å². The lowest BCUT2D eigenvalue weighted by atomic mass is 9.96. The SMILES string of the molecule is Fc1ccc([C@@H]2Oc3c(Br)cc(Br)cc3[C@H]3CC(c4ccc(Cl)cc4)=NN32)cc1. The molecule has 0 aromatic heterocycles. The van der Waals surface area contributed by atoms with Gasteiger partial charge in [-0.05, 0) is 57.9 Å². The van der Waals surface area contributed by atoms with Crippen LogP contribution in [0.3, 0.4) is 0 Å². The van der Waals surface area contributed by atoms with Crippen molar-refractivity contribution in [2.75, 3.05) is 0 Å². The lowest BCUT2D eigenvalue weighted by Crippen LogP contribution is -2.33. The summed E-state index contributed by atoms with van der Waals surface area (Å²) < 4.78 is 21.7. The van der Waals surface area contributed by atoms with Crippen molar-refractivity contribution in [3.05, 3.63) is 97.1 Å². The van der Waals surface area contributed by atoms with Crippen molar-refractivity contribution >= 4 is 49.2 Å². The van der Waals surface area contributed by atoms with Crippen LogP contribution in [0.2, 0.25) is 5.02 Å². The van der Waals surface area contributed by atoms with Crippen LogP contribution in [0.4, 0.5) is 4.39 Å². The van der Waals surface area contributed by atoms with E-state index in [1.54, 1.807) is 12.1 Å². The first-order chi connectivity index (χ1) is 14.0. The monoisotopic (exact) mass is 534 g/mol. The smallest absolute Gasteiger partial charge is 0.213 e. The third kappa shape index (κ3) is 3.47. The van der Waals surface area contributed by atoms with Gasteiger partial charge in [0.15, 0.2) is 0 Å². The Morgan fingerprint density at radius 3 is 2.48 bits per heavy atom. The first kappa shape index (κ1) is 19.1. The van der Waals surface area contributed by atoms with E-state index in [2.05, 4.69) is 37.9 Å². The van der Waals surface area contributed by atoms with Crippen molar-refractivity contribution in [1.29, 1.82) is 0 Å². The Labute approximate surface area is 189 Å². The lowest BCUT2D eigenvalue weighted by Gasteiger charge is -2.38. The minimum absolute atomic E-state index is 0.00767. The van der Waals surface area contributed by atoms with Crippen LogP contribution in [-0.4, -0.2) is 10.7 Å². The number of rotatable bonds is 2. The molecule has 0 saturated heterocycles.